The van der Waals surface area contributed by atoms with Gasteiger partial charge in [-0.25, -0.2) is 4.79 Å². The van der Waals surface area contributed by atoms with Gasteiger partial charge in [0, 0.05) is 21.2 Å². The van der Waals surface area contributed by atoms with Crippen molar-refractivity contribution in [2.75, 3.05) is 6.61 Å². The normalized spacial score (nSPS) is 17.7. The number of ether oxygens (including phenoxy) is 2. The van der Waals surface area contributed by atoms with Crippen LogP contribution in [-0.2, 0) is 14.3 Å². The summed E-state index contributed by atoms with van der Waals surface area (Å²) < 4.78 is 11.7. The zero-order valence-corrected chi connectivity index (χ0v) is 15.3. The molecule has 1 aliphatic heterocycles. The average molecular weight is 397 g/mol. The van der Waals surface area contributed by atoms with E-state index in [1.165, 1.54) is 11.3 Å². The summed E-state index contributed by atoms with van der Waals surface area (Å²) in [5.41, 5.74) is 6.53. The summed E-state index contributed by atoms with van der Waals surface area (Å²) in [5.74, 6) is -0.480. The SMILES string of the molecule is CCCC1=C(C(=O)OCC)[C@@H](c2cc(Br)cs2)C(C#N)=C(N)O1. The van der Waals surface area contributed by atoms with Crippen molar-refractivity contribution in [2.45, 2.75) is 32.6 Å². The molecule has 0 aromatic carbocycles. The van der Waals surface area contributed by atoms with Crippen LogP contribution in [0.3, 0.4) is 0 Å². The highest BCUT2D eigenvalue weighted by molar-refractivity contribution is 9.10. The first-order chi connectivity index (χ1) is 11.0. The maximum Gasteiger partial charge on any atom is 0.338 e. The van der Waals surface area contributed by atoms with Gasteiger partial charge in [0.25, 0.3) is 0 Å². The number of nitrogens with two attached hydrogens (primary N) is 1. The Balaban J connectivity index is 2.62. The monoisotopic (exact) mass is 396 g/mol. The number of carbonyl (C=O) groups is 1. The first kappa shape index (κ1) is 17.6. The molecule has 0 unspecified atom stereocenters. The van der Waals surface area contributed by atoms with Crippen LogP contribution in [0.25, 0.3) is 0 Å². The minimum absolute atomic E-state index is 0.0542. The van der Waals surface area contributed by atoms with Gasteiger partial charge in [0.15, 0.2) is 0 Å². The van der Waals surface area contributed by atoms with Crippen molar-refractivity contribution in [1.29, 1.82) is 5.26 Å². The number of carbonyl (C=O) groups excluding carboxylic acids is 1. The zero-order valence-electron chi connectivity index (χ0n) is 12.9. The fourth-order valence-electron chi connectivity index (χ4n) is 2.43. The number of thiophene rings is 1. The molecule has 0 saturated carbocycles. The van der Waals surface area contributed by atoms with Crippen LogP contribution in [0.4, 0.5) is 0 Å². The van der Waals surface area contributed by atoms with Crippen molar-refractivity contribution in [3.63, 3.8) is 0 Å². The Bertz CT molecular complexity index is 715. The van der Waals surface area contributed by atoms with Crippen molar-refractivity contribution in [1.82, 2.24) is 0 Å². The Morgan fingerprint density at radius 3 is 2.83 bits per heavy atom. The van der Waals surface area contributed by atoms with Gasteiger partial charge >= 0.3 is 5.97 Å². The molecule has 5 nitrogen and oxygen atoms in total. The molecule has 7 heteroatoms. The number of rotatable bonds is 5. The largest absolute Gasteiger partial charge is 0.463 e. The number of hydrogen-bond acceptors (Lipinski definition) is 6. The number of allylic oxidation sites excluding steroid dienone is 2. The second-order valence-corrected chi connectivity index (χ2v) is 6.76. The second kappa shape index (κ2) is 7.66. The molecule has 1 aliphatic rings. The maximum absolute atomic E-state index is 12.5. The van der Waals surface area contributed by atoms with Crippen molar-refractivity contribution in [2.24, 2.45) is 5.73 Å². The molecule has 0 aliphatic carbocycles. The van der Waals surface area contributed by atoms with E-state index in [2.05, 4.69) is 22.0 Å². The molecular weight excluding hydrogens is 380 g/mol. The van der Waals surface area contributed by atoms with E-state index < -0.39 is 11.9 Å². The fourth-order valence-corrected chi connectivity index (χ4v) is 3.99. The number of halogens is 1. The summed E-state index contributed by atoms with van der Waals surface area (Å²) in [6, 6.07) is 3.96. The van der Waals surface area contributed by atoms with Crippen LogP contribution in [0.1, 0.15) is 37.5 Å². The summed E-state index contributed by atoms with van der Waals surface area (Å²) in [7, 11) is 0. The quantitative estimate of drug-likeness (QED) is 0.761. The van der Waals surface area contributed by atoms with Crippen LogP contribution in [0.2, 0.25) is 0 Å². The third-order valence-corrected chi connectivity index (χ3v) is 5.10. The third kappa shape index (κ3) is 3.59. The van der Waals surface area contributed by atoms with Crippen LogP contribution in [0.15, 0.2) is 38.7 Å². The molecule has 0 radical (unpaired) electrons. The predicted molar refractivity (Wildman–Crippen MR) is 91.2 cm³/mol. The van der Waals surface area contributed by atoms with E-state index in [4.69, 9.17) is 15.2 Å². The van der Waals surface area contributed by atoms with Crippen LogP contribution in [0, 0.1) is 11.3 Å². The zero-order chi connectivity index (χ0) is 17.0. The standard InChI is InChI=1S/C16H17BrN2O3S/c1-3-5-11-14(16(20)21-4-2)13(10(7-18)15(19)22-11)12-6-9(17)8-23-12/h6,8,13H,3-5,19H2,1-2H3/t13-/m1/s1. The lowest BCUT2D eigenvalue weighted by Gasteiger charge is -2.27. The Kier molecular flexibility index (Phi) is 5.85. The van der Waals surface area contributed by atoms with Gasteiger partial charge in [0.2, 0.25) is 5.88 Å². The van der Waals surface area contributed by atoms with E-state index >= 15 is 0 Å². The summed E-state index contributed by atoms with van der Waals surface area (Å²) in [6.45, 7) is 3.98. The predicted octanol–water partition coefficient (Wildman–Crippen LogP) is 3.94. The molecule has 0 amide bonds. The Morgan fingerprint density at radius 2 is 2.30 bits per heavy atom. The highest BCUT2D eigenvalue weighted by Gasteiger charge is 2.38. The van der Waals surface area contributed by atoms with Crippen LogP contribution < -0.4 is 5.73 Å². The maximum atomic E-state index is 12.5. The molecule has 1 aromatic heterocycles. The van der Waals surface area contributed by atoms with Gasteiger partial charge in [-0.15, -0.1) is 11.3 Å². The van der Waals surface area contributed by atoms with Crippen molar-refractivity contribution in [3.8, 4) is 6.07 Å². The van der Waals surface area contributed by atoms with Gasteiger partial charge in [-0.05, 0) is 35.3 Å². The van der Waals surface area contributed by atoms with Gasteiger partial charge < -0.3 is 15.2 Å². The number of esters is 1. The first-order valence-corrected chi connectivity index (χ1v) is 8.92. The molecule has 23 heavy (non-hydrogen) atoms. The molecule has 1 atom stereocenters. The molecule has 122 valence electrons. The minimum Gasteiger partial charge on any atom is -0.463 e. The van der Waals surface area contributed by atoms with E-state index in [1.54, 1.807) is 6.92 Å². The van der Waals surface area contributed by atoms with E-state index in [0.717, 1.165) is 15.8 Å². The summed E-state index contributed by atoms with van der Waals surface area (Å²) in [6.07, 6.45) is 1.34. The Labute approximate surface area is 147 Å². The summed E-state index contributed by atoms with van der Waals surface area (Å²) >= 11 is 4.86. The number of nitrogens with zero attached hydrogens (tertiary/aromatic N) is 1. The molecule has 2 N–H and O–H groups in total. The van der Waals surface area contributed by atoms with Gasteiger partial charge in [0.05, 0.1) is 18.1 Å². The van der Waals surface area contributed by atoms with E-state index in [9.17, 15) is 10.1 Å². The molecule has 0 fully saturated rings. The lowest BCUT2D eigenvalue weighted by molar-refractivity contribution is -0.139. The molecule has 2 heterocycles. The number of nitriles is 1. The minimum atomic E-state index is -0.550. The van der Waals surface area contributed by atoms with Crippen LogP contribution in [-0.4, -0.2) is 12.6 Å². The van der Waals surface area contributed by atoms with E-state index in [-0.39, 0.29) is 18.1 Å². The summed E-state index contributed by atoms with van der Waals surface area (Å²) in [5, 5.41) is 11.4. The van der Waals surface area contributed by atoms with Gasteiger partial charge in [-0.1, -0.05) is 6.92 Å². The van der Waals surface area contributed by atoms with Crippen molar-refractivity contribution < 1.29 is 14.3 Å². The van der Waals surface area contributed by atoms with Crippen LogP contribution in [0.5, 0.6) is 0 Å². The van der Waals surface area contributed by atoms with Gasteiger partial charge in [-0.3, -0.25) is 0 Å². The average Bonchev–Trinajstić information content (AvgIpc) is 2.93. The molecule has 0 bridgehead atoms. The lowest BCUT2D eigenvalue weighted by atomic mass is 9.86. The summed E-state index contributed by atoms with van der Waals surface area (Å²) in [4.78, 5) is 13.3. The smallest absolute Gasteiger partial charge is 0.338 e. The topological polar surface area (TPSA) is 85.3 Å². The first-order valence-electron chi connectivity index (χ1n) is 7.25. The van der Waals surface area contributed by atoms with E-state index in [0.29, 0.717) is 17.8 Å². The van der Waals surface area contributed by atoms with Crippen LogP contribution >= 0.6 is 27.3 Å². The fraction of sp³-hybridized carbons (Fsp3) is 0.375. The van der Waals surface area contributed by atoms with E-state index in [1.807, 2.05) is 18.4 Å². The highest BCUT2D eigenvalue weighted by atomic mass is 79.9. The third-order valence-electron chi connectivity index (χ3n) is 3.34. The molecule has 0 spiro atoms. The Morgan fingerprint density at radius 1 is 1.57 bits per heavy atom. The highest BCUT2D eigenvalue weighted by Crippen LogP contribution is 2.43. The molecular formula is C16H17BrN2O3S. The second-order valence-electron chi connectivity index (χ2n) is 4.90. The molecule has 0 saturated heterocycles. The molecule has 2 rings (SSSR count). The lowest BCUT2D eigenvalue weighted by Crippen LogP contribution is -2.25. The van der Waals surface area contributed by atoms with Gasteiger partial charge in [-0.2, -0.15) is 5.26 Å². The van der Waals surface area contributed by atoms with Gasteiger partial charge in [0.1, 0.15) is 17.4 Å². The Hall–Kier alpha value is -1.78. The number of hydrogen-bond donors (Lipinski definition) is 1. The molecule has 1 aromatic rings. The van der Waals surface area contributed by atoms with Crippen molar-refractivity contribution in [3.05, 3.63) is 43.6 Å². The van der Waals surface area contributed by atoms with Crippen molar-refractivity contribution >= 4 is 33.2 Å².